The highest BCUT2D eigenvalue weighted by Crippen LogP contribution is 2.27. The molecule has 0 radical (unpaired) electrons. The van der Waals surface area contributed by atoms with Gasteiger partial charge in [0.1, 0.15) is 11.9 Å². The maximum Gasteiger partial charge on any atom is 0.306 e. The van der Waals surface area contributed by atoms with E-state index in [-0.39, 0.29) is 11.0 Å². The molecule has 1 fully saturated rings. The van der Waals surface area contributed by atoms with Crippen LogP contribution in [-0.4, -0.2) is 40.0 Å². The number of aryl methyl sites for hydroxylation is 1. The second-order valence-electron chi connectivity index (χ2n) is 5.42. The van der Waals surface area contributed by atoms with Crippen LogP contribution in [0.3, 0.4) is 0 Å². The number of pyridine rings is 1. The third-order valence-corrected chi connectivity index (χ3v) is 4.72. The van der Waals surface area contributed by atoms with Crippen LogP contribution in [0.25, 0.3) is 0 Å². The number of piperidine rings is 1. The molecule has 1 saturated heterocycles. The lowest BCUT2D eigenvalue weighted by atomic mass is 9.97. The van der Waals surface area contributed by atoms with Gasteiger partial charge in [0.15, 0.2) is 0 Å². The van der Waals surface area contributed by atoms with Crippen LogP contribution in [0.15, 0.2) is 6.07 Å². The summed E-state index contributed by atoms with van der Waals surface area (Å²) >= 11 is 1.20. The molecule has 0 amide bonds. The van der Waals surface area contributed by atoms with Crippen LogP contribution >= 0.6 is 11.8 Å². The van der Waals surface area contributed by atoms with Crippen LogP contribution in [-0.2, 0) is 4.79 Å². The minimum atomic E-state index is -0.771. The van der Waals surface area contributed by atoms with E-state index in [1.807, 2.05) is 11.8 Å². The van der Waals surface area contributed by atoms with Crippen molar-refractivity contribution in [2.75, 3.05) is 23.7 Å². The molecule has 2 heterocycles. The molecule has 122 valence electrons. The van der Waals surface area contributed by atoms with Crippen molar-refractivity contribution in [2.24, 2.45) is 5.92 Å². The molecule has 0 aromatic carbocycles. The zero-order valence-electron chi connectivity index (χ0n) is 13.2. The Kier molecular flexibility index (Phi) is 5.61. The monoisotopic (exact) mass is 333 g/mol. The molecule has 0 unspecified atom stereocenters. The Morgan fingerprint density at radius 3 is 2.65 bits per heavy atom. The predicted octanol–water partition coefficient (Wildman–Crippen LogP) is 2.46. The lowest BCUT2D eigenvalue weighted by Crippen LogP contribution is -2.37. The van der Waals surface area contributed by atoms with Gasteiger partial charge in [-0.3, -0.25) is 9.59 Å². The summed E-state index contributed by atoms with van der Waals surface area (Å²) in [5.74, 6) is 0.114. The van der Waals surface area contributed by atoms with Gasteiger partial charge >= 0.3 is 5.97 Å². The van der Waals surface area contributed by atoms with Crippen molar-refractivity contribution in [1.29, 1.82) is 5.26 Å². The number of rotatable bonds is 4. The molecule has 2 rings (SSSR count). The van der Waals surface area contributed by atoms with Crippen molar-refractivity contribution in [3.63, 3.8) is 0 Å². The summed E-state index contributed by atoms with van der Waals surface area (Å²) in [6, 6.07) is 3.71. The topological polar surface area (TPSA) is 94.3 Å². The van der Waals surface area contributed by atoms with Gasteiger partial charge in [-0.05, 0) is 31.6 Å². The van der Waals surface area contributed by atoms with E-state index in [9.17, 15) is 14.9 Å². The quantitative estimate of drug-likeness (QED) is 0.904. The zero-order chi connectivity index (χ0) is 17.0. The van der Waals surface area contributed by atoms with Gasteiger partial charge in [-0.1, -0.05) is 18.7 Å². The van der Waals surface area contributed by atoms with E-state index >= 15 is 0 Å². The van der Waals surface area contributed by atoms with Gasteiger partial charge in [-0.25, -0.2) is 4.98 Å². The number of thioether (sulfide) groups is 1. The average molecular weight is 333 g/mol. The first-order valence-corrected chi connectivity index (χ1v) is 8.53. The normalized spacial score (nSPS) is 15.3. The molecule has 0 spiro atoms. The van der Waals surface area contributed by atoms with E-state index in [1.54, 1.807) is 13.0 Å². The number of nitriles is 1. The fourth-order valence-electron chi connectivity index (χ4n) is 2.67. The summed E-state index contributed by atoms with van der Waals surface area (Å²) in [5, 5.41) is 18.4. The summed E-state index contributed by atoms with van der Waals surface area (Å²) in [6.07, 6.45) is 1.07. The summed E-state index contributed by atoms with van der Waals surface area (Å²) in [4.78, 5) is 29.5. The number of aromatic nitrogens is 1. The standard InChI is InChI=1S/C16H19N3O3S/c1-3-23-16(22)13-8-12(9-17)14(18-10(13)2)19-6-4-11(5-7-19)15(20)21/h8,11H,3-7H2,1-2H3,(H,20,21). The zero-order valence-corrected chi connectivity index (χ0v) is 14.0. The van der Waals surface area contributed by atoms with Crippen molar-refractivity contribution in [2.45, 2.75) is 26.7 Å². The van der Waals surface area contributed by atoms with E-state index < -0.39 is 5.97 Å². The summed E-state index contributed by atoms with van der Waals surface area (Å²) in [6.45, 7) is 4.76. The molecule has 0 bridgehead atoms. The van der Waals surface area contributed by atoms with Crippen LogP contribution in [0.1, 0.15) is 41.4 Å². The van der Waals surface area contributed by atoms with Gasteiger partial charge in [-0.2, -0.15) is 5.26 Å². The third kappa shape index (κ3) is 3.82. The number of carbonyl (C=O) groups is 2. The Hall–Kier alpha value is -2.07. The molecule has 0 atom stereocenters. The van der Waals surface area contributed by atoms with Crippen molar-refractivity contribution >= 4 is 28.7 Å². The lowest BCUT2D eigenvalue weighted by molar-refractivity contribution is -0.142. The second-order valence-corrected chi connectivity index (χ2v) is 6.66. The van der Waals surface area contributed by atoms with Crippen LogP contribution in [0.5, 0.6) is 0 Å². The Balaban J connectivity index is 2.27. The number of aliphatic carboxylic acids is 1. The van der Waals surface area contributed by atoms with Crippen LogP contribution < -0.4 is 4.90 Å². The Morgan fingerprint density at radius 2 is 2.13 bits per heavy atom. The molecular formula is C16H19N3O3S. The van der Waals surface area contributed by atoms with Gasteiger partial charge < -0.3 is 10.0 Å². The Bertz CT molecular complexity index is 661. The smallest absolute Gasteiger partial charge is 0.306 e. The molecule has 1 aromatic heterocycles. The number of hydrogen-bond donors (Lipinski definition) is 1. The number of carboxylic acids is 1. The molecule has 23 heavy (non-hydrogen) atoms. The highest BCUT2D eigenvalue weighted by atomic mass is 32.2. The highest BCUT2D eigenvalue weighted by Gasteiger charge is 2.27. The van der Waals surface area contributed by atoms with Gasteiger partial charge in [0.2, 0.25) is 5.12 Å². The van der Waals surface area contributed by atoms with Gasteiger partial charge in [-0.15, -0.1) is 0 Å². The molecule has 1 aliphatic rings. The summed E-state index contributed by atoms with van der Waals surface area (Å²) in [7, 11) is 0. The van der Waals surface area contributed by atoms with E-state index in [1.165, 1.54) is 11.8 Å². The highest BCUT2D eigenvalue weighted by molar-refractivity contribution is 8.14. The summed E-state index contributed by atoms with van der Waals surface area (Å²) in [5.41, 5.74) is 1.44. The molecule has 0 aliphatic carbocycles. The average Bonchev–Trinajstić information content (AvgIpc) is 2.54. The fraction of sp³-hybridized carbons (Fsp3) is 0.500. The first kappa shape index (κ1) is 17.3. The van der Waals surface area contributed by atoms with E-state index in [0.717, 1.165) is 0 Å². The Labute approximate surface area is 139 Å². The largest absolute Gasteiger partial charge is 0.481 e. The predicted molar refractivity (Wildman–Crippen MR) is 88.7 cm³/mol. The number of hydrogen-bond acceptors (Lipinski definition) is 6. The van der Waals surface area contributed by atoms with Gasteiger partial charge in [0.25, 0.3) is 0 Å². The maximum atomic E-state index is 12.1. The molecule has 1 N–H and O–H groups in total. The van der Waals surface area contributed by atoms with Crippen LogP contribution in [0.4, 0.5) is 5.82 Å². The van der Waals surface area contributed by atoms with Crippen molar-refractivity contribution < 1.29 is 14.7 Å². The molecule has 1 aliphatic heterocycles. The third-order valence-electron chi connectivity index (χ3n) is 3.95. The summed E-state index contributed by atoms with van der Waals surface area (Å²) < 4.78 is 0. The number of nitrogens with zero attached hydrogens (tertiary/aromatic N) is 3. The minimum absolute atomic E-state index is 0.0786. The lowest BCUT2D eigenvalue weighted by Gasteiger charge is -2.31. The Morgan fingerprint density at radius 1 is 1.48 bits per heavy atom. The minimum Gasteiger partial charge on any atom is -0.481 e. The molecule has 7 heteroatoms. The number of carboxylic acid groups (broad SMARTS) is 1. The van der Waals surface area contributed by atoms with Gasteiger partial charge in [0, 0.05) is 13.1 Å². The van der Waals surface area contributed by atoms with Gasteiger partial charge in [0.05, 0.1) is 22.7 Å². The SMILES string of the molecule is CCSC(=O)c1cc(C#N)c(N2CCC(C(=O)O)CC2)nc1C. The fourth-order valence-corrected chi connectivity index (χ4v) is 3.29. The van der Waals surface area contributed by atoms with Crippen molar-refractivity contribution in [1.82, 2.24) is 4.98 Å². The van der Waals surface area contributed by atoms with E-state index in [0.29, 0.717) is 54.3 Å². The molecule has 0 saturated carbocycles. The van der Waals surface area contributed by atoms with Crippen molar-refractivity contribution in [3.8, 4) is 6.07 Å². The number of anilines is 1. The van der Waals surface area contributed by atoms with E-state index in [2.05, 4.69) is 11.1 Å². The van der Waals surface area contributed by atoms with Crippen LogP contribution in [0, 0.1) is 24.2 Å². The van der Waals surface area contributed by atoms with E-state index in [4.69, 9.17) is 5.11 Å². The second kappa shape index (κ2) is 7.47. The molecule has 1 aromatic rings. The van der Waals surface area contributed by atoms with Crippen molar-refractivity contribution in [3.05, 3.63) is 22.9 Å². The first-order valence-electron chi connectivity index (χ1n) is 7.54. The molecule has 6 nitrogen and oxygen atoms in total. The maximum absolute atomic E-state index is 12.1. The number of carbonyl (C=O) groups excluding carboxylic acids is 1. The molecular weight excluding hydrogens is 314 g/mol. The van der Waals surface area contributed by atoms with Crippen LogP contribution in [0.2, 0.25) is 0 Å². The first-order chi connectivity index (χ1) is 11.0.